The maximum Gasteiger partial charge on any atom is 0.271 e. The zero-order valence-electron chi connectivity index (χ0n) is 12.0. The smallest absolute Gasteiger partial charge is 0.271 e. The molecule has 0 atom stereocenters. The number of hydrogen-bond donors (Lipinski definition) is 1. The number of hydrogen-bond acceptors (Lipinski definition) is 3. The predicted molar refractivity (Wildman–Crippen MR) is 76.8 cm³/mol. The lowest BCUT2D eigenvalue weighted by Gasteiger charge is -2.05. The molecular weight excluding hydrogens is 252 g/mol. The highest BCUT2D eigenvalue weighted by atomic mass is 16.2. The first kappa shape index (κ1) is 13.1. The van der Waals surface area contributed by atoms with Gasteiger partial charge in [-0.15, -0.1) is 0 Å². The molecule has 5 heteroatoms. The van der Waals surface area contributed by atoms with Gasteiger partial charge in [-0.25, -0.2) is 9.50 Å². The molecule has 1 N–H and O–H groups in total. The fraction of sp³-hybridized carbons (Fsp3) is 0.533. The van der Waals surface area contributed by atoms with Crippen molar-refractivity contribution in [2.24, 2.45) is 5.92 Å². The van der Waals surface area contributed by atoms with Gasteiger partial charge in [0.1, 0.15) is 5.69 Å². The second-order valence-electron chi connectivity index (χ2n) is 5.69. The number of carbonyl (C=O) groups excluding carboxylic acids is 1. The second kappa shape index (κ2) is 5.23. The van der Waals surface area contributed by atoms with Gasteiger partial charge in [0.15, 0.2) is 5.65 Å². The Morgan fingerprint density at radius 1 is 1.45 bits per heavy atom. The molecule has 5 nitrogen and oxygen atoms in total. The molecule has 0 saturated heterocycles. The molecule has 20 heavy (non-hydrogen) atoms. The first-order valence-corrected chi connectivity index (χ1v) is 7.25. The Bertz CT molecular complexity index is 643. The minimum Gasteiger partial charge on any atom is -0.351 e. The molecule has 1 fully saturated rings. The number of fused-ring (bicyclic) bond motifs is 1. The highest BCUT2D eigenvalue weighted by Crippen LogP contribution is 2.33. The summed E-state index contributed by atoms with van der Waals surface area (Å²) in [6.45, 7) is 4.63. The average Bonchev–Trinajstić information content (AvgIpc) is 3.12. The predicted octanol–water partition coefficient (Wildman–Crippen LogP) is 2.27. The van der Waals surface area contributed by atoms with Crippen LogP contribution in [0.4, 0.5) is 0 Å². The van der Waals surface area contributed by atoms with Gasteiger partial charge in [0.2, 0.25) is 0 Å². The molecule has 0 aromatic carbocycles. The van der Waals surface area contributed by atoms with E-state index in [1.54, 1.807) is 10.7 Å². The highest BCUT2D eigenvalue weighted by molar-refractivity contribution is 5.93. The summed E-state index contributed by atoms with van der Waals surface area (Å²) in [7, 11) is 0. The van der Waals surface area contributed by atoms with Crippen LogP contribution in [-0.4, -0.2) is 27.0 Å². The van der Waals surface area contributed by atoms with E-state index < -0.39 is 0 Å². The van der Waals surface area contributed by atoms with Crippen molar-refractivity contribution in [1.82, 2.24) is 19.9 Å². The van der Waals surface area contributed by atoms with E-state index in [4.69, 9.17) is 0 Å². The second-order valence-corrected chi connectivity index (χ2v) is 5.69. The van der Waals surface area contributed by atoms with E-state index in [-0.39, 0.29) is 5.91 Å². The largest absolute Gasteiger partial charge is 0.351 e. The van der Waals surface area contributed by atoms with Crippen LogP contribution in [0.2, 0.25) is 0 Å². The standard InChI is InChI=1S/C15H20N4O/c1-10-8-11(2)18-19-13(9-17-14(10)19)15(20)16-7-3-4-12-5-6-12/h8-9,12H,3-7H2,1-2H3,(H,16,20). The van der Waals surface area contributed by atoms with Gasteiger partial charge in [-0.3, -0.25) is 4.79 Å². The number of nitrogens with one attached hydrogen (secondary N) is 1. The van der Waals surface area contributed by atoms with Crippen molar-refractivity contribution in [3.8, 4) is 0 Å². The van der Waals surface area contributed by atoms with Gasteiger partial charge in [-0.2, -0.15) is 5.10 Å². The van der Waals surface area contributed by atoms with Crippen molar-refractivity contribution >= 4 is 11.6 Å². The highest BCUT2D eigenvalue weighted by Gasteiger charge is 2.20. The van der Waals surface area contributed by atoms with E-state index >= 15 is 0 Å². The lowest BCUT2D eigenvalue weighted by atomic mass is 10.2. The molecule has 0 aliphatic heterocycles. The molecule has 2 heterocycles. The van der Waals surface area contributed by atoms with Crippen LogP contribution in [0.5, 0.6) is 0 Å². The van der Waals surface area contributed by atoms with Crippen LogP contribution >= 0.6 is 0 Å². The molecule has 1 saturated carbocycles. The maximum absolute atomic E-state index is 12.2. The van der Waals surface area contributed by atoms with Crippen molar-refractivity contribution in [1.29, 1.82) is 0 Å². The van der Waals surface area contributed by atoms with Crippen molar-refractivity contribution in [2.45, 2.75) is 39.5 Å². The Balaban J connectivity index is 1.70. The van der Waals surface area contributed by atoms with Crippen LogP contribution in [0, 0.1) is 19.8 Å². The third kappa shape index (κ3) is 2.66. The van der Waals surface area contributed by atoms with Gasteiger partial charge in [0.05, 0.1) is 11.9 Å². The van der Waals surface area contributed by atoms with Crippen molar-refractivity contribution < 1.29 is 4.79 Å². The van der Waals surface area contributed by atoms with Crippen molar-refractivity contribution in [2.75, 3.05) is 6.54 Å². The lowest BCUT2D eigenvalue weighted by molar-refractivity contribution is 0.0945. The van der Waals surface area contributed by atoms with Crippen LogP contribution in [0.25, 0.3) is 5.65 Å². The normalized spacial score (nSPS) is 14.7. The van der Waals surface area contributed by atoms with Gasteiger partial charge >= 0.3 is 0 Å². The molecule has 0 spiro atoms. The number of aryl methyl sites for hydroxylation is 2. The summed E-state index contributed by atoms with van der Waals surface area (Å²) < 4.78 is 1.64. The third-order valence-corrected chi connectivity index (χ3v) is 3.78. The number of carbonyl (C=O) groups is 1. The summed E-state index contributed by atoms with van der Waals surface area (Å²) in [5.41, 5.74) is 3.18. The quantitative estimate of drug-likeness (QED) is 0.849. The summed E-state index contributed by atoms with van der Waals surface area (Å²) in [4.78, 5) is 16.5. The zero-order chi connectivity index (χ0) is 14.1. The van der Waals surface area contributed by atoms with E-state index in [0.29, 0.717) is 5.69 Å². The molecule has 0 bridgehead atoms. The van der Waals surface area contributed by atoms with Crippen LogP contribution in [-0.2, 0) is 0 Å². The fourth-order valence-electron chi connectivity index (χ4n) is 2.52. The average molecular weight is 272 g/mol. The summed E-state index contributed by atoms with van der Waals surface area (Å²) in [5.74, 6) is 0.820. The molecule has 0 radical (unpaired) electrons. The molecule has 1 aliphatic rings. The van der Waals surface area contributed by atoms with Crippen molar-refractivity contribution in [3.05, 3.63) is 29.2 Å². The molecule has 2 aromatic heterocycles. The molecular formula is C15H20N4O. The van der Waals surface area contributed by atoms with Crippen LogP contribution in [0.1, 0.15) is 47.4 Å². The number of amides is 1. The Labute approximate surface area is 118 Å². The van der Waals surface area contributed by atoms with Crippen molar-refractivity contribution in [3.63, 3.8) is 0 Å². The molecule has 0 unspecified atom stereocenters. The summed E-state index contributed by atoms with van der Waals surface area (Å²) in [6, 6.07) is 1.97. The van der Waals surface area contributed by atoms with Gasteiger partial charge in [0, 0.05) is 6.54 Å². The molecule has 1 aliphatic carbocycles. The lowest BCUT2D eigenvalue weighted by Crippen LogP contribution is -2.26. The first-order chi connectivity index (χ1) is 9.65. The molecule has 2 aromatic rings. The Morgan fingerprint density at radius 2 is 2.25 bits per heavy atom. The minimum atomic E-state index is -0.0919. The van der Waals surface area contributed by atoms with E-state index in [9.17, 15) is 4.79 Å². The molecule has 1 amide bonds. The van der Waals surface area contributed by atoms with Crippen LogP contribution in [0.3, 0.4) is 0 Å². The number of rotatable bonds is 5. The summed E-state index contributed by atoms with van der Waals surface area (Å²) >= 11 is 0. The van der Waals surface area contributed by atoms with E-state index in [1.165, 1.54) is 19.3 Å². The first-order valence-electron chi connectivity index (χ1n) is 7.25. The summed E-state index contributed by atoms with van der Waals surface area (Å²) in [5, 5.41) is 7.34. The van der Waals surface area contributed by atoms with Gasteiger partial charge in [-0.1, -0.05) is 12.8 Å². The SMILES string of the molecule is Cc1cc(C)c2ncc(C(=O)NCCCC3CC3)n2n1. The van der Waals surface area contributed by atoms with E-state index in [1.807, 2.05) is 19.9 Å². The van der Waals surface area contributed by atoms with E-state index in [2.05, 4.69) is 15.4 Å². The molecule has 3 rings (SSSR count). The third-order valence-electron chi connectivity index (χ3n) is 3.78. The topological polar surface area (TPSA) is 59.3 Å². The zero-order valence-corrected chi connectivity index (χ0v) is 12.0. The Kier molecular flexibility index (Phi) is 3.42. The molecule has 106 valence electrons. The number of aromatic nitrogens is 3. The maximum atomic E-state index is 12.2. The fourth-order valence-corrected chi connectivity index (χ4v) is 2.52. The Morgan fingerprint density at radius 3 is 3.00 bits per heavy atom. The van der Waals surface area contributed by atoms with Gasteiger partial charge in [-0.05, 0) is 44.2 Å². The summed E-state index contributed by atoms with van der Waals surface area (Å²) in [6.07, 6.45) is 6.61. The van der Waals surface area contributed by atoms with Crippen LogP contribution < -0.4 is 5.32 Å². The van der Waals surface area contributed by atoms with E-state index in [0.717, 1.165) is 35.8 Å². The number of imidazole rings is 1. The Hall–Kier alpha value is -1.91. The van der Waals surface area contributed by atoms with Crippen LogP contribution in [0.15, 0.2) is 12.3 Å². The minimum absolute atomic E-state index is 0.0919. The van der Waals surface area contributed by atoms with Gasteiger partial charge in [0.25, 0.3) is 5.91 Å². The monoisotopic (exact) mass is 272 g/mol. The number of nitrogens with zero attached hydrogens (tertiary/aromatic N) is 3. The van der Waals surface area contributed by atoms with Gasteiger partial charge < -0.3 is 5.32 Å².